The molecule has 1 aliphatic rings. The van der Waals surface area contributed by atoms with Crippen LogP contribution in [0.15, 0.2) is 5.38 Å². The van der Waals surface area contributed by atoms with Crippen LogP contribution in [-0.2, 0) is 0 Å². The molecular weight excluding hydrogens is 266 g/mol. The molecule has 7 heteroatoms. The molecule has 1 amide bonds. The molecule has 1 fully saturated rings. The third kappa shape index (κ3) is 3.10. The molecule has 1 aromatic heterocycles. The van der Waals surface area contributed by atoms with Crippen molar-refractivity contribution in [2.75, 3.05) is 27.2 Å². The number of rotatable bonds is 3. The molecule has 0 aromatic carbocycles. The maximum Gasteiger partial charge on any atom is 0.355 e. The van der Waals surface area contributed by atoms with Crippen molar-refractivity contribution < 1.29 is 14.7 Å². The molecule has 0 saturated carbocycles. The minimum Gasteiger partial charge on any atom is -0.476 e. The summed E-state index contributed by atoms with van der Waals surface area (Å²) in [5.41, 5.74) is -0.0606. The largest absolute Gasteiger partial charge is 0.476 e. The summed E-state index contributed by atoms with van der Waals surface area (Å²) >= 11 is 1.09. The number of likely N-dealkylation sites (N-methyl/N-ethyl adjacent to an activating group) is 1. The fourth-order valence-corrected chi connectivity index (χ4v) is 2.92. The average Bonchev–Trinajstić information content (AvgIpc) is 2.87. The molecular formula is C12H17N3O3S. The number of carbonyl (C=O) groups is 2. The number of amides is 1. The molecule has 19 heavy (non-hydrogen) atoms. The maximum atomic E-state index is 12.3. The Bertz CT molecular complexity index is 486. The number of hydrogen-bond donors (Lipinski definition) is 1. The van der Waals surface area contributed by atoms with Crippen LogP contribution in [0, 0.1) is 0 Å². The van der Waals surface area contributed by atoms with Gasteiger partial charge in [0.25, 0.3) is 5.91 Å². The van der Waals surface area contributed by atoms with E-state index in [-0.39, 0.29) is 16.6 Å². The lowest BCUT2D eigenvalue weighted by molar-refractivity contribution is 0.0634. The number of likely N-dealkylation sites (tertiary alicyclic amines) is 1. The number of hydrogen-bond acceptors (Lipinski definition) is 5. The van der Waals surface area contributed by atoms with Gasteiger partial charge in [-0.15, -0.1) is 11.3 Å². The summed E-state index contributed by atoms with van der Waals surface area (Å²) in [6, 6.07) is 0.358. The molecule has 104 valence electrons. The van der Waals surface area contributed by atoms with E-state index < -0.39 is 5.97 Å². The molecule has 0 spiro atoms. The van der Waals surface area contributed by atoms with E-state index in [1.165, 1.54) is 5.38 Å². The SMILES string of the molecule is CN(C)C1CCCN(C(=O)c2nc(C(=O)O)cs2)C1. The van der Waals surface area contributed by atoms with E-state index in [2.05, 4.69) is 9.88 Å². The van der Waals surface area contributed by atoms with Gasteiger partial charge in [0, 0.05) is 24.5 Å². The molecule has 1 unspecified atom stereocenters. The summed E-state index contributed by atoms with van der Waals surface area (Å²) in [6.45, 7) is 1.39. The number of thiazole rings is 1. The molecule has 1 aromatic rings. The van der Waals surface area contributed by atoms with E-state index in [1.807, 2.05) is 14.1 Å². The highest BCUT2D eigenvalue weighted by Crippen LogP contribution is 2.18. The van der Waals surface area contributed by atoms with Crippen LogP contribution in [0.3, 0.4) is 0 Å². The van der Waals surface area contributed by atoms with E-state index in [4.69, 9.17) is 5.11 Å². The highest BCUT2D eigenvalue weighted by atomic mass is 32.1. The standard InChI is InChI=1S/C12H17N3O3S/c1-14(2)8-4-3-5-15(6-8)11(16)10-13-9(7-19-10)12(17)18/h7-8H,3-6H2,1-2H3,(H,17,18). The number of nitrogens with zero attached hydrogens (tertiary/aromatic N) is 3. The molecule has 0 bridgehead atoms. The smallest absolute Gasteiger partial charge is 0.355 e. The first-order valence-corrected chi connectivity index (χ1v) is 7.01. The van der Waals surface area contributed by atoms with E-state index >= 15 is 0 Å². The molecule has 1 atom stereocenters. The highest BCUT2D eigenvalue weighted by molar-refractivity contribution is 7.11. The van der Waals surface area contributed by atoms with Crippen LogP contribution in [0.4, 0.5) is 0 Å². The number of aromatic nitrogens is 1. The van der Waals surface area contributed by atoms with Gasteiger partial charge in [-0.2, -0.15) is 0 Å². The zero-order chi connectivity index (χ0) is 14.0. The normalized spacial score (nSPS) is 19.7. The van der Waals surface area contributed by atoms with Crippen molar-refractivity contribution in [1.29, 1.82) is 0 Å². The van der Waals surface area contributed by atoms with Crippen molar-refractivity contribution in [3.63, 3.8) is 0 Å². The second kappa shape index (κ2) is 5.66. The van der Waals surface area contributed by atoms with Crippen molar-refractivity contribution >= 4 is 23.2 Å². The summed E-state index contributed by atoms with van der Waals surface area (Å²) in [7, 11) is 4.01. The Balaban J connectivity index is 2.08. The van der Waals surface area contributed by atoms with E-state index in [9.17, 15) is 9.59 Å². The summed E-state index contributed by atoms with van der Waals surface area (Å²) in [5.74, 6) is -1.26. The zero-order valence-corrected chi connectivity index (χ0v) is 11.8. The van der Waals surface area contributed by atoms with Crippen molar-refractivity contribution in [2.24, 2.45) is 0 Å². The Kier molecular flexibility index (Phi) is 4.16. The highest BCUT2D eigenvalue weighted by Gasteiger charge is 2.27. The third-order valence-electron chi connectivity index (χ3n) is 3.32. The van der Waals surface area contributed by atoms with Gasteiger partial charge < -0.3 is 14.9 Å². The Labute approximate surface area is 115 Å². The monoisotopic (exact) mass is 283 g/mol. The van der Waals surface area contributed by atoms with Crippen LogP contribution in [0.5, 0.6) is 0 Å². The van der Waals surface area contributed by atoms with Crippen molar-refractivity contribution in [2.45, 2.75) is 18.9 Å². The fourth-order valence-electron chi connectivity index (χ4n) is 2.17. The summed E-state index contributed by atoms with van der Waals surface area (Å²) in [4.78, 5) is 30.8. The zero-order valence-electron chi connectivity index (χ0n) is 11.0. The number of carbonyl (C=O) groups excluding carboxylic acids is 1. The van der Waals surface area contributed by atoms with Crippen LogP contribution < -0.4 is 0 Å². The second-order valence-corrected chi connectivity index (χ2v) is 5.71. The molecule has 1 N–H and O–H groups in total. The van der Waals surface area contributed by atoms with E-state index in [0.29, 0.717) is 19.1 Å². The van der Waals surface area contributed by atoms with Gasteiger partial charge in [0.1, 0.15) is 0 Å². The predicted molar refractivity (Wildman–Crippen MR) is 71.7 cm³/mol. The molecule has 2 rings (SSSR count). The Morgan fingerprint density at radius 3 is 2.84 bits per heavy atom. The molecule has 0 aliphatic carbocycles. The summed E-state index contributed by atoms with van der Waals surface area (Å²) < 4.78 is 0. The van der Waals surface area contributed by atoms with Crippen LogP contribution >= 0.6 is 11.3 Å². The van der Waals surface area contributed by atoms with Gasteiger partial charge in [-0.3, -0.25) is 4.79 Å². The number of carboxylic acids is 1. The first-order chi connectivity index (χ1) is 8.99. The Morgan fingerprint density at radius 1 is 1.53 bits per heavy atom. The lowest BCUT2D eigenvalue weighted by Gasteiger charge is -2.35. The lowest BCUT2D eigenvalue weighted by Crippen LogP contribution is -2.47. The molecule has 2 heterocycles. The van der Waals surface area contributed by atoms with Gasteiger partial charge in [0.15, 0.2) is 10.7 Å². The molecule has 1 aliphatic heterocycles. The first kappa shape index (κ1) is 14.0. The van der Waals surface area contributed by atoms with E-state index in [1.54, 1.807) is 4.90 Å². The topological polar surface area (TPSA) is 73.7 Å². The van der Waals surface area contributed by atoms with E-state index in [0.717, 1.165) is 24.2 Å². The third-order valence-corrected chi connectivity index (χ3v) is 4.15. The van der Waals surface area contributed by atoms with Gasteiger partial charge in [-0.25, -0.2) is 9.78 Å². The van der Waals surface area contributed by atoms with Gasteiger partial charge >= 0.3 is 5.97 Å². The second-order valence-electron chi connectivity index (χ2n) is 4.85. The van der Waals surface area contributed by atoms with Crippen molar-refractivity contribution in [1.82, 2.24) is 14.8 Å². The minimum atomic E-state index is -1.10. The Hall–Kier alpha value is -1.47. The minimum absolute atomic E-state index is 0.0606. The molecule has 6 nitrogen and oxygen atoms in total. The van der Waals surface area contributed by atoms with Crippen molar-refractivity contribution in [3.05, 3.63) is 16.1 Å². The molecule has 1 saturated heterocycles. The Morgan fingerprint density at radius 2 is 2.26 bits per heavy atom. The predicted octanol–water partition coefficient (Wildman–Crippen LogP) is 1.01. The number of aromatic carboxylic acids is 1. The van der Waals surface area contributed by atoms with Gasteiger partial charge in [-0.1, -0.05) is 0 Å². The van der Waals surface area contributed by atoms with Crippen LogP contribution in [0.25, 0.3) is 0 Å². The van der Waals surface area contributed by atoms with Gasteiger partial charge in [0.05, 0.1) is 0 Å². The maximum absolute atomic E-state index is 12.3. The van der Waals surface area contributed by atoms with Crippen LogP contribution in [-0.4, -0.2) is 65.0 Å². The molecule has 0 radical (unpaired) electrons. The van der Waals surface area contributed by atoms with Gasteiger partial charge in [0.2, 0.25) is 0 Å². The van der Waals surface area contributed by atoms with Gasteiger partial charge in [-0.05, 0) is 26.9 Å². The number of piperidine rings is 1. The quantitative estimate of drug-likeness (QED) is 0.896. The first-order valence-electron chi connectivity index (χ1n) is 6.13. The lowest BCUT2D eigenvalue weighted by atomic mass is 10.1. The van der Waals surface area contributed by atoms with Crippen molar-refractivity contribution in [3.8, 4) is 0 Å². The van der Waals surface area contributed by atoms with Crippen LogP contribution in [0.2, 0.25) is 0 Å². The summed E-state index contributed by atoms with van der Waals surface area (Å²) in [5, 5.41) is 10.5. The summed E-state index contributed by atoms with van der Waals surface area (Å²) in [6.07, 6.45) is 2.04. The average molecular weight is 283 g/mol. The fraction of sp³-hybridized carbons (Fsp3) is 0.583. The number of carboxylic acid groups (broad SMARTS) is 1. The van der Waals surface area contributed by atoms with Crippen LogP contribution in [0.1, 0.15) is 33.1 Å².